The topological polar surface area (TPSA) is 0 Å². The first-order chi connectivity index (χ1) is 8.50. The van der Waals surface area contributed by atoms with Gasteiger partial charge in [0.15, 0.2) is 0 Å². The van der Waals surface area contributed by atoms with Crippen LogP contribution in [-0.2, 0) is 6.18 Å². The summed E-state index contributed by atoms with van der Waals surface area (Å²) >= 11 is 0. The second-order valence-corrected chi connectivity index (χ2v) is 5.95. The quantitative estimate of drug-likeness (QED) is 0.612. The van der Waals surface area contributed by atoms with Crippen LogP contribution in [0, 0.1) is 17.3 Å². The SMILES string of the molecule is CC(C)c1ccc(C#CC(C)(C)C)cc1C(F)(F)F. The predicted molar refractivity (Wildman–Crippen MR) is 71.9 cm³/mol. The summed E-state index contributed by atoms with van der Waals surface area (Å²) in [6, 6.07) is 4.33. The normalized spacial score (nSPS) is 12.3. The van der Waals surface area contributed by atoms with Crippen molar-refractivity contribution < 1.29 is 13.2 Å². The fourth-order valence-electron chi connectivity index (χ4n) is 1.64. The Kier molecular flexibility index (Phi) is 4.35. The lowest BCUT2D eigenvalue weighted by molar-refractivity contribution is -0.138. The van der Waals surface area contributed by atoms with Crippen LogP contribution < -0.4 is 0 Å². The van der Waals surface area contributed by atoms with E-state index in [4.69, 9.17) is 0 Å². The Morgan fingerprint density at radius 3 is 2.05 bits per heavy atom. The number of hydrogen-bond donors (Lipinski definition) is 0. The van der Waals surface area contributed by atoms with Crippen LogP contribution in [0.4, 0.5) is 13.2 Å². The molecule has 0 aliphatic rings. The van der Waals surface area contributed by atoms with E-state index in [1.54, 1.807) is 19.9 Å². The van der Waals surface area contributed by atoms with Crippen molar-refractivity contribution in [1.82, 2.24) is 0 Å². The van der Waals surface area contributed by atoms with E-state index in [2.05, 4.69) is 11.8 Å². The van der Waals surface area contributed by atoms with Crippen molar-refractivity contribution in [2.75, 3.05) is 0 Å². The molecule has 0 spiro atoms. The molecule has 104 valence electrons. The Bertz CT molecular complexity index is 506. The van der Waals surface area contributed by atoms with Gasteiger partial charge in [0.25, 0.3) is 0 Å². The molecule has 3 heteroatoms. The lowest BCUT2D eigenvalue weighted by atomic mass is 9.94. The van der Waals surface area contributed by atoms with Crippen LogP contribution >= 0.6 is 0 Å². The summed E-state index contributed by atoms with van der Waals surface area (Å²) in [7, 11) is 0. The molecule has 1 aromatic carbocycles. The van der Waals surface area contributed by atoms with Gasteiger partial charge in [-0.1, -0.05) is 31.8 Å². The van der Waals surface area contributed by atoms with Gasteiger partial charge in [0, 0.05) is 11.0 Å². The summed E-state index contributed by atoms with van der Waals surface area (Å²) < 4.78 is 39.0. The number of rotatable bonds is 1. The molecule has 0 heterocycles. The van der Waals surface area contributed by atoms with Crippen molar-refractivity contribution in [3.63, 3.8) is 0 Å². The summed E-state index contributed by atoms with van der Waals surface area (Å²) in [6.45, 7) is 9.28. The molecule has 1 rings (SSSR count). The first kappa shape index (κ1) is 15.6. The summed E-state index contributed by atoms with van der Waals surface area (Å²) in [5.41, 5.74) is -0.0848. The highest BCUT2D eigenvalue weighted by Crippen LogP contribution is 2.35. The summed E-state index contributed by atoms with van der Waals surface area (Å²) in [5, 5.41) is 0. The molecule has 0 aromatic heterocycles. The van der Waals surface area contributed by atoms with Crippen LogP contribution in [0.25, 0.3) is 0 Å². The fraction of sp³-hybridized carbons (Fsp3) is 0.500. The number of hydrogen-bond acceptors (Lipinski definition) is 0. The molecule has 0 saturated heterocycles. The van der Waals surface area contributed by atoms with E-state index in [1.165, 1.54) is 6.07 Å². The molecule has 19 heavy (non-hydrogen) atoms. The molecule has 0 fully saturated rings. The van der Waals surface area contributed by atoms with Gasteiger partial charge in [-0.15, -0.1) is 0 Å². The Labute approximate surface area is 113 Å². The Balaban J connectivity index is 3.30. The van der Waals surface area contributed by atoms with Crippen molar-refractivity contribution in [1.29, 1.82) is 0 Å². The zero-order valence-corrected chi connectivity index (χ0v) is 11.9. The molecule has 0 N–H and O–H groups in total. The monoisotopic (exact) mass is 268 g/mol. The molecule has 0 amide bonds. The van der Waals surface area contributed by atoms with Crippen molar-refractivity contribution in [2.45, 2.75) is 46.7 Å². The molecule has 0 atom stereocenters. The van der Waals surface area contributed by atoms with Crippen LogP contribution in [0.3, 0.4) is 0 Å². The van der Waals surface area contributed by atoms with E-state index in [1.807, 2.05) is 20.8 Å². The minimum Gasteiger partial charge on any atom is -0.166 e. The van der Waals surface area contributed by atoms with E-state index >= 15 is 0 Å². The average Bonchev–Trinajstić information content (AvgIpc) is 2.23. The van der Waals surface area contributed by atoms with Crippen molar-refractivity contribution in [2.24, 2.45) is 5.41 Å². The van der Waals surface area contributed by atoms with Crippen molar-refractivity contribution >= 4 is 0 Å². The van der Waals surface area contributed by atoms with Crippen LogP contribution in [0.2, 0.25) is 0 Å². The molecule has 0 unspecified atom stereocenters. The van der Waals surface area contributed by atoms with Gasteiger partial charge in [-0.2, -0.15) is 13.2 Å². The van der Waals surface area contributed by atoms with E-state index in [0.717, 1.165) is 6.07 Å². The van der Waals surface area contributed by atoms with E-state index in [-0.39, 0.29) is 11.3 Å². The molecular weight excluding hydrogens is 249 g/mol. The first-order valence-electron chi connectivity index (χ1n) is 6.25. The van der Waals surface area contributed by atoms with Gasteiger partial charge in [0.1, 0.15) is 0 Å². The second kappa shape index (κ2) is 5.28. The van der Waals surface area contributed by atoms with Gasteiger partial charge < -0.3 is 0 Å². The Hall–Kier alpha value is -1.43. The fourth-order valence-corrected chi connectivity index (χ4v) is 1.64. The standard InChI is InChI=1S/C16H19F3/c1-11(2)13-7-6-12(8-9-15(3,4)5)10-14(13)16(17,18)19/h6-7,10-11H,1-5H3. The summed E-state index contributed by atoms with van der Waals surface area (Å²) in [6.07, 6.45) is -4.33. The zero-order valence-electron chi connectivity index (χ0n) is 11.9. The van der Waals surface area contributed by atoms with Crippen molar-refractivity contribution in [3.8, 4) is 11.8 Å². The highest BCUT2D eigenvalue weighted by molar-refractivity contribution is 5.43. The maximum Gasteiger partial charge on any atom is 0.416 e. The van der Waals surface area contributed by atoms with Crippen molar-refractivity contribution in [3.05, 3.63) is 34.9 Å². The predicted octanol–water partition coefficient (Wildman–Crippen LogP) is 5.23. The maximum absolute atomic E-state index is 13.0. The molecule has 0 saturated carbocycles. The molecule has 0 nitrogen and oxygen atoms in total. The van der Waals surface area contributed by atoms with Gasteiger partial charge in [-0.3, -0.25) is 0 Å². The first-order valence-corrected chi connectivity index (χ1v) is 6.25. The lowest BCUT2D eigenvalue weighted by Gasteiger charge is -2.16. The molecule has 0 radical (unpaired) electrons. The van der Waals surface area contributed by atoms with Gasteiger partial charge in [-0.05, 0) is 44.4 Å². The van der Waals surface area contributed by atoms with E-state index < -0.39 is 11.7 Å². The second-order valence-electron chi connectivity index (χ2n) is 5.95. The molecule has 0 bridgehead atoms. The molecular formula is C16H19F3. The van der Waals surface area contributed by atoms with Gasteiger partial charge in [-0.25, -0.2) is 0 Å². The van der Waals surface area contributed by atoms with Crippen LogP contribution in [0.15, 0.2) is 18.2 Å². The highest BCUT2D eigenvalue weighted by Gasteiger charge is 2.34. The van der Waals surface area contributed by atoms with Crippen LogP contribution in [-0.4, -0.2) is 0 Å². The third-order valence-corrected chi connectivity index (χ3v) is 2.56. The third-order valence-electron chi connectivity index (χ3n) is 2.56. The van der Waals surface area contributed by atoms with Gasteiger partial charge in [0.2, 0.25) is 0 Å². The van der Waals surface area contributed by atoms with Crippen LogP contribution in [0.1, 0.15) is 57.2 Å². The van der Waals surface area contributed by atoms with Crippen LogP contribution in [0.5, 0.6) is 0 Å². The highest BCUT2D eigenvalue weighted by atomic mass is 19.4. The average molecular weight is 268 g/mol. The van der Waals surface area contributed by atoms with Gasteiger partial charge >= 0.3 is 6.18 Å². The Morgan fingerprint density at radius 1 is 1.05 bits per heavy atom. The maximum atomic E-state index is 13.0. The number of benzene rings is 1. The van der Waals surface area contributed by atoms with E-state index in [0.29, 0.717) is 11.1 Å². The zero-order chi connectivity index (χ0) is 14.8. The summed E-state index contributed by atoms with van der Waals surface area (Å²) in [5.74, 6) is 5.60. The van der Waals surface area contributed by atoms with E-state index in [9.17, 15) is 13.2 Å². The number of alkyl halides is 3. The Morgan fingerprint density at radius 2 is 1.63 bits per heavy atom. The summed E-state index contributed by atoms with van der Waals surface area (Å²) in [4.78, 5) is 0. The molecule has 0 aliphatic heterocycles. The number of halogens is 3. The largest absolute Gasteiger partial charge is 0.416 e. The third kappa shape index (κ3) is 4.63. The minimum atomic E-state index is -4.33. The lowest BCUT2D eigenvalue weighted by Crippen LogP contribution is -2.10. The minimum absolute atomic E-state index is 0.166. The molecule has 1 aromatic rings. The van der Waals surface area contributed by atoms with Gasteiger partial charge in [0.05, 0.1) is 5.56 Å². The molecule has 0 aliphatic carbocycles. The smallest absolute Gasteiger partial charge is 0.166 e.